The lowest BCUT2D eigenvalue weighted by molar-refractivity contribution is -0.127. The molecular weight excluding hydrogens is 530 g/mol. The molecule has 3 aromatic carbocycles. The molecule has 0 unspecified atom stereocenters. The van der Waals surface area contributed by atoms with Crippen LogP contribution in [0.4, 0.5) is 16.2 Å². The number of rotatable bonds is 11. The highest BCUT2D eigenvalue weighted by Gasteiger charge is 2.36. The predicted molar refractivity (Wildman–Crippen MR) is 160 cm³/mol. The Labute approximate surface area is 237 Å². The van der Waals surface area contributed by atoms with Gasteiger partial charge in [-0.3, -0.25) is 19.3 Å². The Morgan fingerprint density at radius 1 is 1.03 bits per heavy atom. The third-order valence-electron chi connectivity index (χ3n) is 6.18. The maximum atomic E-state index is 13.2. The summed E-state index contributed by atoms with van der Waals surface area (Å²) in [5, 5.41) is 2.29. The molecular formula is C30H31N3O4S2. The van der Waals surface area contributed by atoms with E-state index < -0.39 is 17.1 Å². The normalized spacial score (nSPS) is 14.1. The Hall–Kier alpha value is -3.69. The quantitative estimate of drug-likeness (QED) is 0.211. The van der Waals surface area contributed by atoms with Crippen LogP contribution in [0.2, 0.25) is 0 Å². The third-order valence-corrected chi connectivity index (χ3v) is 7.81. The van der Waals surface area contributed by atoms with Gasteiger partial charge in [0.15, 0.2) is 0 Å². The van der Waals surface area contributed by atoms with E-state index in [1.54, 1.807) is 23.9 Å². The fourth-order valence-corrected chi connectivity index (χ4v) is 5.40. The Bertz CT molecular complexity index is 1370. The SMILES string of the molecule is CCN(CC)c1ccc(/C=C2/SC(=O)N(CC(=O)Nc3cccc(SC)c3)C2=O)c(OCc2ccccc2)c1. The first-order valence-electron chi connectivity index (χ1n) is 12.7. The highest BCUT2D eigenvalue weighted by atomic mass is 32.2. The monoisotopic (exact) mass is 561 g/mol. The van der Waals surface area contributed by atoms with Crippen LogP contribution in [0.25, 0.3) is 6.08 Å². The molecule has 0 atom stereocenters. The number of carbonyl (C=O) groups is 3. The summed E-state index contributed by atoms with van der Waals surface area (Å²) < 4.78 is 6.20. The summed E-state index contributed by atoms with van der Waals surface area (Å²) in [5.74, 6) is -0.325. The van der Waals surface area contributed by atoms with Gasteiger partial charge in [0, 0.05) is 41.0 Å². The number of imide groups is 1. The van der Waals surface area contributed by atoms with Crippen molar-refractivity contribution >= 4 is 58.0 Å². The van der Waals surface area contributed by atoms with Crippen LogP contribution < -0.4 is 15.0 Å². The van der Waals surface area contributed by atoms with Crippen molar-refractivity contribution in [3.63, 3.8) is 0 Å². The maximum absolute atomic E-state index is 13.2. The Morgan fingerprint density at radius 2 is 1.79 bits per heavy atom. The molecule has 0 bridgehead atoms. The third kappa shape index (κ3) is 7.25. The first-order chi connectivity index (χ1) is 18.9. The molecule has 0 aromatic heterocycles. The van der Waals surface area contributed by atoms with Crippen LogP contribution in [-0.4, -0.2) is 47.8 Å². The van der Waals surface area contributed by atoms with E-state index in [2.05, 4.69) is 24.1 Å². The fourth-order valence-electron chi connectivity index (χ4n) is 4.11. The zero-order valence-corrected chi connectivity index (χ0v) is 23.8. The van der Waals surface area contributed by atoms with Gasteiger partial charge >= 0.3 is 0 Å². The van der Waals surface area contributed by atoms with Gasteiger partial charge in [-0.1, -0.05) is 36.4 Å². The van der Waals surface area contributed by atoms with Crippen LogP contribution in [0.15, 0.2) is 82.6 Å². The molecule has 1 aliphatic heterocycles. The second kappa shape index (κ2) is 13.4. The fraction of sp³-hybridized carbons (Fsp3) is 0.233. The zero-order chi connectivity index (χ0) is 27.8. The van der Waals surface area contributed by atoms with E-state index in [4.69, 9.17) is 4.74 Å². The number of benzene rings is 3. The van der Waals surface area contributed by atoms with Crippen LogP contribution in [-0.2, 0) is 16.2 Å². The van der Waals surface area contributed by atoms with Gasteiger partial charge in [0.05, 0.1) is 4.91 Å². The molecule has 1 N–H and O–H groups in total. The van der Waals surface area contributed by atoms with Crippen LogP contribution in [0, 0.1) is 0 Å². The van der Waals surface area contributed by atoms with Gasteiger partial charge in [-0.05, 0) is 73.8 Å². The van der Waals surface area contributed by atoms with Crippen molar-refractivity contribution in [2.45, 2.75) is 25.3 Å². The van der Waals surface area contributed by atoms with E-state index in [-0.39, 0.29) is 11.4 Å². The molecule has 3 amide bonds. The molecule has 7 nitrogen and oxygen atoms in total. The largest absolute Gasteiger partial charge is 0.488 e. The number of nitrogens with one attached hydrogen (secondary N) is 1. The lowest BCUT2D eigenvalue weighted by Crippen LogP contribution is -2.36. The standard InChI is InChI=1S/C30H31N3O4S2/c1-4-32(5-2)24-15-14-22(26(18-24)37-20-21-10-7-6-8-11-21)16-27-29(35)33(30(36)39-27)19-28(34)31-23-12-9-13-25(17-23)38-3/h6-18H,4-5,19-20H2,1-3H3,(H,31,34)/b27-16+. The molecule has 4 rings (SSSR count). The van der Waals surface area contributed by atoms with E-state index in [1.807, 2.05) is 73.0 Å². The second-order valence-corrected chi connectivity index (χ2v) is 10.6. The maximum Gasteiger partial charge on any atom is 0.294 e. The average Bonchev–Trinajstić information content (AvgIpc) is 3.21. The number of hydrogen-bond acceptors (Lipinski definition) is 7. The molecule has 1 aliphatic rings. The predicted octanol–water partition coefficient (Wildman–Crippen LogP) is 6.51. The summed E-state index contributed by atoms with van der Waals surface area (Å²) in [6, 6.07) is 23.1. The van der Waals surface area contributed by atoms with Crippen molar-refractivity contribution in [2.24, 2.45) is 0 Å². The van der Waals surface area contributed by atoms with Crippen molar-refractivity contribution in [3.8, 4) is 5.75 Å². The molecule has 202 valence electrons. The molecule has 39 heavy (non-hydrogen) atoms. The smallest absolute Gasteiger partial charge is 0.294 e. The minimum absolute atomic E-state index is 0.248. The summed E-state index contributed by atoms with van der Waals surface area (Å²) >= 11 is 2.38. The van der Waals surface area contributed by atoms with E-state index in [9.17, 15) is 14.4 Å². The van der Waals surface area contributed by atoms with Crippen LogP contribution in [0.5, 0.6) is 5.75 Å². The zero-order valence-electron chi connectivity index (χ0n) is 22.2. The summed E-state index contributed by atoms with van der Waals surface area (Å²) in [4.78, 5) is 42.9. The van der Waals surface area contributed by atoms with Gasteiger partial charge in [0.1, 0.15) is 18.9 Å². The summed E-state index contributed by atoms with van der Waals surface area (Å²) in [6.45, 7) is 5.88. The Morgan fingerprint density at radius 3 is 2.51 bits per heavy atom. The van der Waals surface area contributed by atoms with E-state index in [0.717, 1.165) is 45.9 Å². The summed E-state index contributed by atoms with van der Waals surface area (Å²) in [6.07, 6.45) is 3.61. The number of amides is 3. The average molecular weight is 562 g/mol. The van der Waals surface area contributed by atoms with Gasteiger partial charge in [-0.25, -0.2) is 0 Å². The molecule has 1 saturated heterocycles. The molecule has 0 saturated carbocycles. The highest BCUT2D eigenvalue weighted by molar-refractivity contribution is 8.18. The van der Waals surface area contributed by atoms with E-state index in [1.165, 1.54) is 0 Å². The molecule has 0 spiro atoms. The Balaban J connectivity index is 1.53. The van der Waals surface area contributed by atoms with Gasteiger partial charge in [0.2, 0.25) is 5.91 Å². The molecule has 0 aliphatic carbocycles. The van der Waals surface area contributed by atoms with Gasteiger partial charge < -0.3 is 15.0 Å². The summed E-state index contributed by atoms with van der Waals surface area (Å²) in [5.41, 5.74) is 3.33. The number of ether oxygens (including phenoxy) is 1. The molecule has 3 aromatic rings. The second-order valence-electron chi connectivity index (χ2n) is 8.72. The Kier molecular flexibility index (Phi) is 9.73. The van der Waals surface area contributed by atoms with Crippen LogP contribution in [0.1, 0.15) is 25.0 Å². The van der Waals surface area contributed by atoms with Crippen LogP contribution in [0.3, 0.4) is 0 Å². The summed E-state index contributed by atoms with van der Waals surface area (Å²) in [7, 11) is 0. The number of thioether (sulfide) groups is 2. The first-order valence-corrected chi connectivity index (χ1v) is 14.7. The first kappa shape index (κ1) is 28.3. The molecule has 1 fully saturated rings. The number of nitrogens with zero attached hydrogens (tertiary/aromatic N) is 2. The van der Waals surface area contributed by atoms with Gasteiger partial charge in [-0.2, -0.15) is 0 Å². The van der Waals surface area contributed by atoms with Gasteiger partial charge in [0.25, 0.3) is 11.1 Å². The topological polar surface area (TPSA) is 79.0 Å². The number of anilines is 2. The van der Waals surface area contributed by atoms with Crippen molar-refractivity contribution in [2.75, 3.05) is 36.1 Å². The van der Waals surface area contributed by atoms with Crippen LogP contribution >= 0.6 is 23.5 Å². The minimum Gasteiger partial charge on any atom is -0.488 e. The molecule has 0 radical (unpaired) electrons. The van der Waals surface area contributed by atoms with E-state index >= 15 is 0 Å². The number of hydrogen-bond donors (Lipinski definition) is 1. The minimum atomic E-state index is -0.500. The number of carbonyl (C=O) groups excluding carboxylic acids is 3. The van der Waals surface area contributed by atoms with Gasteiger partial charge in [-0.15, -0.1) is 11.8 Å². The van der Waals surface area contributed by atoms with Crippen molar-refractivity contribution < 1.29 is 19.1 Å². The highest BCUT2D eigenvalue weighted by Crippen LogP contribution is 2.35. The van der Waals surface area contributed by atoms with Crippen molar-refractivity contribution in [1.82, 2.24) is 4.90 Å². The van der Waals surface area contributed by atoms with Crippen molar-refractivity contribution in [1.29, 1.82) is 0 Å². The van der Waals surface area contributed by atoms with Crippen molar-refractivity contribution in [3.05, 3.63) is 88.8 Å². The van der Waals surface area contributed by atoms with E-state index in [0.29, 0.717) is 23.6 Å². The lowest BCUT2D eigenvalue weighted by atomic mass is 10.1. The molecule has 1 heterocycles. The lowest BCUT2D eigenvalue weighted by Gasteiger charge is -2.22. The molecule has 9 heteroatoms.